The van der Waals surface area contributed by atoms with Gasteiger partial charge in [0.15, 0.2) is 0 Å². The first kappa shape index (κ1) is 22.8. The highest BCUT2D eigenvalue weighted by atomic mass is 16.2. The van der Waals surface area contributed by atoms with Gasteiger partial charge in [-0.25, -0.2) is 4.79 Å². The van der Waals surface area contributed by atoms with Crippen LogP contribution in [0, 0.1) is 5.92 Å². The maximum absolute atomic E-state index is 13.4. The molecule has 2 aliphatic carbocycles. The molecule has 1 saturated heterocycles. The highest BCUT2D eigenvalue weighted by Crippen LogP contribution is 2.36. The molecule has 4 amide bonds. The van der Waals surface area contributed by atoms with Gasteiger partial charge in [-0.2, -0.15) is 0 Å². The van der Waals surface area contributed by atoms with Gasteiger partial charge in [0.2, 0.25) is 5.91 Å². The van der Waals surface area contributed by atoms with Crippen molar-refractivity contribution in [3.63, 3.8) is 0 Å². The quantitative estimate of drug-likeness (QED) is 0.695. The van der Waals surface area contributed by atoms with E-state index in [0.29, 0.717) is 5.92 Å². The summed E-state index contributed by atoms with van der Waals surface area (Å²) in [6, 6.07) is 7.85. The van der Waals surface area contributed by atoms with Crippen molar-refractivity contribution in [3.05, 3.63) is 35.4 Å². The molecule has 1 atom stereocenters. The Balaban J connectivity index is 1.49. The number of hydrogen-bond acceptors (Lipinski definition) is 3. The lowest BCUT2D eigenvalue weighted by Gasteiger charge is -2.37. The molecule has 1 aliphatic heterocycles. The second-order valence-electron chi connectivity index (χ2n) is 11.2. The second-order valence-corrected chi connectivity index (χ2v) is 11.2. The summed E-state index contributed by atoms with van der Waals surface area (Å²) in [5, 5.41) is 2.85. The molecule has 1 aromatic carbocycles. The lowest BCUT2D eigenvalue weighted by molar-refractivity contribution is -0.141. The van der Waals surface area contributed by atoms with Crippen LogP contribution >= 0.6 is 0 Å². The van der Waals surface area contributed by atoms with Gasteiger partial charge in [-0.05, 0) is 67.9 Å². The molecule has 2 saturated carbocycles. The van der Waals surface area contributed by atoms with Crippen LogP contribution in [0.15, 0.2) is 24.3 Å². The number of urea groups is 1. The van der Waals surface area contributed by atoms with Crippen LogP contribution in [0.1, 0.15) is 84.3 Å². The Bertz CT molecular complexity index is 892. The van der Waals surface area contributed by atoms with E-state index in [0.717, 1.165) is 54.6 Å². The van der Waals surface area contributed by atoms with Crippen molar-refractivity contribution >= 4 is 17.8 Å². The topological polar surface area (TPSA) is 69.7 Å². The summed E-state index contributed by atoms with van der Waals surface area (Å²) < 4.78 is 0. The zero-order chi connectivity index (χ0) is 23.3. The van der Waals surface area contributed by atoms with E-state index in [2.05, 4.69) is 33.0 Å². The SMILES string of the molecule is CC1CCC(N(C(=O)CN2C(=O)NC(C)(c3ccc(C(C)(C)C)cc3)C2=O)C2CC2)CC1. The Labute approximate surface area is 191 Å². The molecule has 0 spiro atoms. The predicted octanol–water partition coefficient (Wildman–Crippen LogP) is 4.32. The van der Waals surface area contributed by atoms with Crippen molar-refractivity contribution in [1.82, 2.24) is 15.1 Å². The van der Waals surface area contributed by atoms with Crippen LogP contribution in [0.3, 0.4) is 0 Å². The molecule has 1 unspecified atom stereocenters. The van der Waals surface area contributed by atoms with Gasteiger partial charge in [0.05, 0.1) is 0 Å². The highest BCUT2D eigenvalue weighted by Gasteiger charge is 2.50. The van der Waals surface area contributed by atoms with Crippen molar-refractivity contribution in [1.29, 1.82) is 0 Å². The highest BCUT2D eigenvalue weighted by molar-refractivity contribution is 6.09. The minimum absolute atomic E-state index is 0.00397. The summed E-state index contributed by atoms with van der Waals surface area (Å²) in [7, 11) is 0. The number of hydrogen-bond donors (Lipinski definition) is 1. The Morgan fingerprint density at radius 3 is 2.06 bits per heavy atom. The van der Waals surface area contributed by atoms with Crippen LogP contribution in [0.5, 0.6) is 0 Å². The fraction of sp³-hybridized carbons (Fsp3) is 0.654. The monoisotopic (exact) mass is 439 g/mol. The molecule has 0 bridgehead atoms. The van der Waals surface area contributed by atoms with Crippen LogP contribution in [-0.2, 0) is 20.5 Å². The maximum atomic E-state index is 13.4. The van der Waals surface area contributed by atoms with E-state index in [1.54, 1.807) is 6.92 Å². The van der Waals surface area contributed by atoms with Crippen LogP contribution in [0.2, 0.25) is 0 Å². The molecule has 174 valence electrons. The summed E-state index contributed by atoms with van der Waals surface area (Å²) >= 11 is 0. The number of nitrogens with one attached hydrogen (secondary N) is 1. The fourth-order valence-corrected chi connectivity index (χ4v) is 5.14. The number of carbonyl (C=O) groups excluding carboxylic acids is 3. The Hall–Kier alpha value is -2.37. The normalized spacial score (nSPS) is 28.6. The smallest absolute Gasteiger partial charge is 0.325 e. The Kier molecular flexibility index (Phi) is 5.84. The van der Waals surface area contributed by atoms with Crippen molar-refractivity contribution in [2.75, 3.05) is 6.54 Å². The molecule has 0 aromatic heterocycles. The van der Waals surface area contributed by atoms with Crippen LogP contribution in [0.25, 0.3) is 0 Å². The standard InChI is InChI=1S/C26H37N3O3/c1-17-6-12-20(13-7-17)29(21-14-15-21)22(30)16-28-23(31)26(5,27-24(28)32)19-10-8-18(9-11-19)25(2,3)4/h8-11,17,20-21H,6-7,12-16H2,1-5H3,(H,27,32). The van der Waals surface area contributed by atoms with E-state index in [1.165, 1.54) is 0 Å². The lowest BCUT2D eigenvalue weighted by Crippen LogP contribution is -2.49. The fourth-order valence-electron chi connectivity index (χ4n) is 5.14. The Morgan fingerprint density at radius 2 is 1.56 bits per heavy atom. The molecule has 0 radical (unpaired) electrons. The lowest BCUT2D eigenvalue weighted by atomic mass is 9.84. The van der Waals surface area contributed by atoms with Crippen molar-refractivity contribution in [2.24, 2.45) is 5.92 Å². The number of carbonyl (C=O) groups is 3. The minimum Gasteiger partial charge on any atom is -0.335 e. The van der Waals surface area contributed by atoms with Crippen molar-refractivity contribution in [2.45, 2.75) is 96.2 Å². The van der Waals surface area contributed by atoms with Crippen LogP contribution < -0.4 is 5.32 Å². The summed E-state index contributed by atoms with van der Waals surface area (Å²) in [5.74, 6) is 0.258. The van der Waals surface area contributed by atoms with Gasteiger partial charge in [-0.3, -0.25) is 14.5 Å². The van der Waals surface area contributed by atoms with E-state index in [1.807, 2.05) is 29.2 Å². The zero-order valence-electron chi connectivity index (χ0n) is 20.1. The Morgan fingerprint density at radius 1 is 1.03 bits per heavy atom. The molecule has 1 heterocycles. The number of rotatable bonds is 5. The summed E-state index contributed by atoms with van der Waals surface area (Å²) in [6.45, 7) is 10.2. The van der Waals surface area contributed by atoms with E-state index < -0.39 is 11.6 Å². The first-order chi connectivity index (χ1) is 15.0. The molecule has 1 N–H and O–H groups in total. The van der Waals surface area contributed by atoms with Gasteiger partial charge in [0.25, 0.3) is 5.91 Å². The van der Waals surface area contributed by atoms with E-state index in [-0.39, 0.29) is 35.9 Å². The zero-order valence-corrected chi connectivity index (χ0v) is 20.1. The number of amides is 4. The number of benzene rings is 1. The van der Waals surface area contributed by atoms with Crippen LogP contribution in [-0.4, -0.2) is 46.3 Å². The average molecular weight is 440 g/mol. The number of imide groups is 1. The molecule has 6 nitrogen and oxygen atoms in total. The second kappa shape index (κ2) is 8.20. The van der Waals surface area contributed by atoms with E-state index in [9.17, 15) is 14.4 Å². The molecule has 6 heteroatoms. The first-order valence-corrected chi connectivity index (χ1v) is 12.1. The molecule has 3 aliphatic rings. The molecular formula is C26H37N3O3. The predicted molar refractivity (Wildman–Crippen MR) is 124 cm³/mol. The number of nitrogens with zero attached hydrogens (tertiary/aromatic N) is 2. The third-order valence-electron chi connectivity index (χ3n) is 7.50. The summed E-state index contributed by atoms with van der Waals surface area (Å²) in [5.41, 5.74) is 0.747. The van der Waals surface area contributed by atoms with Gasteiger partial charge in [0, 0.05) is 12.1 Å². The van der Waals surface area contributed by atoms with Gasteiger partial charge in [0.1, 0.15) is 12.1 Å². The molecule has 4 rings (SSSR count). The molecular weight excluding hydrogens is 402 g/mol. The van der Waals surface area contributed by atoms with Crippen LogP contribution in [0.4, 0.5) is 4.79 Å². The minimum atomic E-state index is -1.15. The third-order valence-corrected chi connectivity index (χ3v) is 7.50. The molecule has 1 aromatic rings. The van der Waals surface area contributed by atoms with E-state index in [4.69, 9.17) is 0 Å². The van der Waals surface area contributed by atoms with E-state index >= 15 is 0 Å². The third kappa shape index (κ3) is 4.28. The summed E-state index contributed by atoms with van der Waals surface area (Å²) in [4.78, 5) is 42.6. The summed E-state index contributed by atoms with van der Waals surface area (Å²) in [6.07, 6.45) is 6.34. The van der Waals surface area contributed by atoms with Gasteiger partial charge in [-0.1, -0.05) is 52.0 Å². The van der Waals surface area contributed by atoms with Crippen molar-refractivity contribution < 1.29 is 14.4 Å². The molecule has 3 fully saturated rings. The van der Waals surface area contributed by atoms with Gasteiger partial charge in [-0.15, -0.1) is 0 Å². The van der Waals surface area contributed by atoms with Gasteiger partial charge >= 0.3 is 6.03 Å². The maximum Gasteiger partial charge on any atom is 0.325 e. The average Bonchev–Trinajstić information content (AvgIpc) is 3.54. The molecule has 32 heavy (non-hydrogen) atoms. The van der Waals surface area contributed by atoms with Gasteiger partial charge < -0.3 is 10.2 Å². The largest absolute Gasteiger partial charge is 0.335 e. The van der Waals surface area contributed by atoms with Crippen molar-refractivity contribution in [3.8, 4) is 0 Å². The first-order valence-electron chi connectivity index (χ1n) is 12.1.